The molecule has 2 rings (SSSR count). The third-order valence-corrected chi connectivity index (χ3v) is 2.25. The van der Waals surface area contributed by atoms with Gasteiger partial charge in [-0.15, -0.1) is 0 Å². The van der Waals surface area contributed by atoms with Crippen LogP contribution in [0.5, 0.6) is 0 Å². The fourth-order valence-corrected chi connectivity index (χ4v) is 1.47. The lowest BCUT2D eigenvalue weighted by atomic mass is 10.0. The fourth-order valence-electron chi connectivity index (χ4n) is 1.47. The highest BCUT2D eigenvalue weighted by atomic mass is 16.1. The van der Waals surface area contributed by atoms with Gasteiger partial charge in [-0.3, -0.25) is 14.6 Å². The van der Waals surface area contributed by atoms with E-state index in [0.717, 1.165) is 23.7 Å². The summed E-state index contributed by atoms with van der Waals surface area (Å²) in [4.78, 5) is 25.2. The van der Waals surface area contributed by atoms with Crippen LogP contribution < -0.4 is 0 Å². The standard InChI is InChI=1S/C13H9NO2/c15-8-10-2-1-3-12(4-10)13-5-11(9-16)6-14-7-13/h1-9H. The van der Waals surface area contributed by atoms with Crippen LogP contribution in [0.2, 0.25) is 0 Å². The topological polar surface area (TPSA) is 47.0 Å². The van der Waals surface area contributed by atoms with Crippen molar-refractivity contribution in [2.45, 2.75) is 0 Å². The van der Waals surface area contributed by atoms with E-state index >= 15 is 0 Å². The van der Waals surface area contributed by atoms with Crippen molar-refractivity contribution in [3.8, 4) is 11.1 Å². The van der Waals surface area contributed by atoms with Crippen molar-refractivity contribution in [3.63, 3.8) is 0 Å². The summed E-state index contributed by atoms with van der Waals surface area (Å²) >= 11 is 0. The molecule has 0 aliphatic heterocycles. The second-order valence-electron chi connectivity index (χ2n) is 3.37. The van der Waals surface area contributed by atoms with Crippen LogP contribution in [0.4, 0.5) is 0 Å². The lowest BCUT2D eigenvalue weighted by Gasteiger charge is -2.02. The van der Waals surface area contributed by atoms with E-state index in [1.54, 1.807) is 30.5 Å². The Kier molecular flexibility index (Phi) is 2.87. The minimum Gasteiger partial charge on any atom is -0.298 e. The van der Waals surface area contributed by atoms with Gasteiger partial charge in [-0.2, -0.15) is 0 Å². The molecule has 0 N–H and O–H groups in total. The molecule has 0 aliphatic rings. The van der Waals surface area contributed by atoms with E-state index in [0.29, 0.717) is 11.1 Å². The Morgan fingerprint density at radius 1 is 0.875 bits per heavy atom. The highest BCUT2D eigenvalue weighted by molar-refractivity contribution is 5.81. The first-order chi connectivity index (χ1) is 7.83. The predicted octanol–water partition coefficient (Wildman–Crippen LogP) is 2.37. The zero-order valence-corrected chi connectivity index (χ0v) is 8.46. The summed E-state index contributed by atoms with van der Waals surface area (Å²) in [5, 5.41) is 0. The van der Waals surface area contributed by atoms with Gasteiger partial charge in [0.05, 0.1) is 0 Å². The molecule has 0 bridgehead atoms. The molecule has 3 heteroatoms. The molecule has 0 fully saturated rings. The molecule has 0 spiro atoms. The van der Waals surface area contributed by atoms with Crippen molar-refractivity contribution in [1.82, 2.24) is 4.98 Å². The molecule has 1 aromatic heterocycles. The Balaban J connectivity index is 2.49. The summed E-state index contributed by atoms with van der Waals surface area (Å²) in [5.74, 6) is 0. The van der Waals surface area contributed by atoms with Crippen LogP contribution in [0.1, 0.15) is 20.7 Å². The number of hydrogen-bond donors (Lipinski definition) is 0. The molecule has 1 heterocycles. The normalized spacial score (nSPS) is 9.75. The zero-order chi connectivity index (χ0) is 11.4. The van der Waals surface area contributed by atoms with Crippen molar-refractivity contribution < 1.29 is 9.59 Å². The van der Waals surface area contributed by atoms with Gasteiger partial charge in [-0.25, -0.2) is 0 Å². The summed E-state index contributed by atoms with van der Waals surface area (Å²) < 4.78 is 0. The fraction of sp³-hybridized carbons (Fsp3) is 0. The van der Waals surface area contributed by atoms with Crippen LogP contribution in [-0.2, 0) is 0 Å². The maximum atomic E-state index is 10.6. The van der Waals surface area contributed by atoms with Gasteiger partial charge in [0.2, 0.25) is 0 Å². The van der Waals surface area contributed by atoms with E-state index in [9.17, 15) is 9.59 Å². The molecule has 78 valence electrons. The van der Waals surface area contributed by atoms with E-state index in [4.69, 9.17) is 0 Å². The molecule has 16 heavy (non-hydrogen) atoms. The van der Waals surface area contributed by atoms with Crippen LogP contribution in [0.15, 0.2) is 42.7 Å². The number of nitrogens with zero attached hydrogens (tertiary/aromatic N) is 1. The lowest BCUT2D eigenvalue weighted by Crippen LogP contribution is -1.87. The molecular weight excluding hydrogens is 202 g/mol. The number of carbonyl (C=O) groups excluding carboxylic acids is 2. The monoisotopic (exact) mass is 211 g/mol. The summed E-state index contributed by atoms with van der Waals surface area (Å²) in [6, 6.07) is 8.90. The van der Waals surface area contributed by atoms with Crippen molar-refractivity contribution in [3.05, 3.63) is 53.9 Å². The maximum absolute atomic E-state index is 10.6. The number of aromatic nitrogens is 1. The Hall–Kier alpha value is -2.29. The van der Waals surface area contributed by atoms with E-state index in [-0.39, 0.29) is 0 Å². The number of benzene rings is 1. The van der Waals surface area contributed by atoms with Gasteiger partial charge >= 0.3 is 0 Å². The number of rotatable bonds is 3. The minimum absolute atomic E-state index is 0.522. The maximum Gasteiger partial charge on any atom is 0.151 e. The van der Waals surface area contributed by atoms with Gasteiger partial charge in [-0.1, -0.05) is 18.2 Å². The highest BCUT2D eigenvalue weighted by Gasteiger charge is 2.00. The first kappa shape index (κ1) is 10.2. The molecule has 2 aromatic rings. The van der Waals surface area contributed by atoms with Crippen molar-refractivity contribution in [2.24, 2.45) is 0 Å². The first-order valence-corrected chi connectivity index (χ1v) is 4.79. The molecule has 1 aromatic carbocycles. The molecular formula is C13H9NO2. The van der Waals surface area contributed by atoms with Crippen LogP contribution in [0.3, 0.4) is 0 Å². The summed E-state index contributed by atoms with van der Waals surface area (Å²) in [6.07, 6.45) is 4.71. The van der Waals surface area contributed by atoms with E-state index in [2.05, 4.69) is 4.98 Å². The van der Waals surface area contributed by atoms with Gasteiger partial charge in [0.1, 0.15) is 6.29 Å². The second-order valence-corrected chi connectivity index (χ2v) is 3.37. The number of carbonyl (C=O) groups is 2. The average Bonchev–Trinajstić information content (AvgIpc) is 2.39. The molecule has 0 unspecified atom stereocenters. The molecule has 0 saturated carbocycles. The zero-order valence-electron chi connectivity index (χ0n) is 8.46. The first-order valence-electron chi connectivity index (χ1n) is 4.79. The van der Waals surface area contributed by atoms with E-state index in [1.807, 2.05) is 6.07 Å². The van der Waals surface area contributed by atoms with Gasteiger partial charge < -0.3 is 0 Å². The number of aldehydes is 2. The van der Waals surface area contributed by atoms with Crippen molar-refractivity contribution in [2.75, 3.05) is 0 Å². The minimum atomic E-state index is 0.522. The molecule has 0 aliphatic carbocycles. The van der Waals surface area contributed by atoms with Gasteiger partial charge in [0.25, 0.3) is 0 Å². The third-order valence-electron chi connectivity index (χ3n) is 2.25. The lowest BCUT2D eigenvalue weighted by molar-refractivity contribution is 0.111. The highest BCUT2D eigenvalue weighted by Crippen LogP contribution is 2.19. The van der Waals surface area contributed by atoms with Gasteiger partial charge in [-0.05, 0) is 17.7 Å². The molecule has 0 amide bonds. The second kappa shape index (κ2) is 4.49. The van der Waals surface area contributed by atoms with Gasteiger partial charge in [0.15, 0.2) is 6.29 Å². The number of pyridine rings is 1. The quantitative estimate of drug-likeness (QED) is 0.732. The van der Waals surface area contributed by atoms with Crippen LogP contribution in [0.25, 0.3) is 11.1 Å². The van der Waals surface area contributed by atoms with Crippen LogP contribution >= 0.6 is 0 Å². The van der Waals surface area contributed by atoms with Gasteiger partial charge in [0, 0.05) is 29.1 Å². The van der Waals surface area contributed by atoms with Crippen LogP contribution in [-0.4, -0.2) is 17.6 Å². The average molecular weight is 211 g/mol. The summed E-state index contributed by atoms with van der Waals surface area (Å²) in [7, 11) is 0. The Bertz CT molecular complexity index is 485. The Morgan fingerprint density at radius 3 is 2.38 bits per heavy atom. The predicted molar refractivity (Wildman–Crippen MR) is 60.4 cm³/mol. The largest absolute Gasteiger partial charge is 0.298 e. The third kappa shape index (κ3) is 2.03. The SMILES string of the molecule is O=Cc1cccc(-c2cncc(C=O)c2)c1. The van der Waals surface area contributed by atoms with E-state index < -0.39 is 0 Å². The Morgan fingerprint density at radius 2 is 1.62 bits per heavy atom. The van der Waals surface area contributed by atoms with Crippen molar-refractivity contribution in [1.29, 1.82) is 0 Å². The van der Waals surface area contributed by atoms with Crippen LogP contribution in [0, 0.1) is 0 Å². The Labute approximate surface area is 92.8 Å². The van der Waals surface area contributed by atoms with Crippen molar-refractivity contribution >= 4 is 12.6 Å². The smallest absolute Gasteiger partial charge is 0.151 e. The summed E-state index contributed by atoms with van der Waals surface area (Å²) in [5.41, 5.74) is 2.83. The molecule has 0 atom stereocenters. The summed E-state index contributed by atoms with van der Waals surface area (Å²) in [6.45, 7) is 0. The van der Waals surface area contributed by atoms with E-state index in [1.165, 1.54) is 6.20 Å². The number of hydrogen-bond acceptors (Lipinski definition) is 3. The molecule has 0 saturated heterocycles. The molecule has 0 radical (unpaired) electrons. The molecule has 3 nitrogen and oxygen atoms in total.